The van der Waals surface area contributed by atoms with Crippen LogP contribution in [0.2, 0.25) is 0 Å². The Balaban J connectivity index is 1.80. The lowest BCUT2D eigenvalue weighted by atomic mass is 10.0. The molecule has 3 N–H and O–H groups in total. The van der Waals surface area contributed by atoms with Crippen LogP contribution in [0, 0.1) is 5.92 Å². The Bertz CT molecular complexity index is 910. The van der Waals surface area contributed by atoms with Crippen molar-refractivity contribution in [1.29, 1.82) is 0 Å². The van der Waals surface area contributed by atoms with Crippen molar-refractivity contribution in [1.82, 2.24) is 14.8 Å². The molecule has 2 heterocycles. The number of benzene rings is 1. The van der Waals surface area contributed by atoms with E-state index in [2.05, 4.69) is 21.8 Å². The van der Waals surface area contributed by atoms with E-state index in [0.29, 0.717) is 18.8 Å². The van der Waals surface area contributed by atoms with Crippen LogP contribution in [-0.2, 0) is 9.59 Å². The summed E-state index contributed by atoms with van der Waals surface area (Å²) in [7, 11) is 0. The number of hydrogen-bond donors (Lipinski definition) is 3. The third-order valence-corrected chi connectivity index (χ3v) is 5.30. The summed E-state index contributed by atoms with van der Waals surface area (Å²) in [6, 6.07) is 4.85. The molecular formula is C22H30N4O3. The molecule has 0 spiro atoms. The predicted octanol–water partition coefficient (Wildman–Crippen LogP) is 3.08. The average Bonchev–Trinajstić information content (AvgIpc) is 3.05. The lowest BCUT2D eigenvalue weighted by Crippen LogP contribution is -2.49. The summed E-state index contributed by atoms with van der Waals surface area (Å²) in [4.78, 5) is 31.6. The summed E-state index contributed by atoms with van der Waals surface area (Å²) in [6.45, 7) is 13.5. The van der Waals surface area contributed by atoms with Crippen LogP contribution >= 0.6 is 0 Å². The van der Waals surface area contributed by atoms with Gasteiger partial charge in [-0.1, -0.05) is 32.1 Å². The van der Waals surface area contributed by atoms with Crippen LogP contribution in [-0.4, -0.2) is 64.5 Å². The van der Waals surface area contributed by atoms with Crippen molar-refractivity contribution >= 4 is 28.5 Å². The molecule has 1 saturated heterocycles. The second kappa shape index (κ2) is 8.80. The number of rotatable bonds is 7. The summed E-state index contributed by atoms with van der Waals surface area (Å²) in [6.07, 6.45) is 1.78. The molecule has 0 unspecified atom stereocenters. The number of aromatic amines is 1. The zero-order chi connectivity index (χ0) is 21.1. The van der Waals surface area contributed by atoms with Crippen LogP contribution < -0.4 is 5.32 Å². The highest BCUT2D eigenvalue weighted by Crippen LogP contribution is 2.31. The van der Waals surface area contributed by atoms with Crippen LogP contribution in [0.1, 0.15) is 32.4 Å². The van der Waals surface area contributed by atoms with Gasteiger partial charge in [-0.3, -0.25) is 19.4 Å². The van der Waals surface area contributed by atoms with Gasteiger partial charge >= 0.3 is 5.97 Å². The van der Waals surface area contributed by atoms with Gasteiger partial charge in [-0.15, -0.1) is 0 Å². The van der Waals surface area contributed by atoms with Gasteiger partial charge in [-0.25, -0.2) is 0 Å². The Morgan fingerprint density at radius 3 is 2.52 bits per heavy atom. The minimum atomic E-state index is -0.851. The summed E-state index contributed by atoms with van der Waals surface area (Å²) < 4.78 is 0. The zero-order valence-electron chi connectivity index (χ0n) is 17.4. The predicted molar refractivity (Wildman–Crippen MR) is 115 cm³/mol. The zero-order valence-corrected chi connectivity index (χ0v) is 17.4. The molecule has 1 aliphatic rings. The Hall–Kier alpha value is -2.64. The number of anilines is 1. The van der Waals surface area contributed by atoms with Crippen molar-refractivity contribution in [2.45, 2.75) is 26.8 Å². The van der Waals surface area contributed by atoms with E-state index in [1.807, 2.05) is 43.9 Å². The van der Waals surface area contributed by atoms with Crippen molar-refractivity contribution in [2.75, 3.05) is 38.0 Å². The summed E-state index contributed by atoms with van der Waals surface area (Å²) in [5.41, 5.74) is 3.38. The van der Waals surface area contributed by atoms with E-state index in [1.165, 1.54) is 0 Å². The minimum absolute atomic E-state index is 0.0489. The minimum Gasteiger partial charge on any atom is -0.480 e. The second-order valence-electron chi connectivity index (χ2n) is 8.16. The van der Waals surface area contributed by atoms with E-state index in [4.69, 9.17) is 0 Å². The van der Waals surface area contributed by atoms with Crippen molar-refractivity contribution < 1.29 is 14.7 Å². The first-order chi connectivity index (χ1) is 13.8. The van der Waals surface area contributed by atoms with Gasteiger partial charge in [0.25, 0.3) is 0 Å². The molecule has 0 saturated carbocycles. The molecule has 1 amide bonds. The Labute approximate surface area is 171 Å². The second-order valence-corrected chi connectivity index (χ2v) is 8.16. The van der Waals surface area contributed by atoms with Crippen molar-refractivity contribution in [3.05, 3.63) is 42.1 Å². The van der Waals surface area contributed by atoms with E-state index >= 15 is 0 Å². The SMILES string of the molecule is C=C(C)CN1CCN([C@@H](C(=O)O)c2c[nH]c3cc(NC(=O)C(C)C)ccc23)CC1. The third kappa shape index (κ3) is 4.86. The summed E-state index contributed by atoms with van der Waals surface area (Å²) >= 11 is 0. The van der Waals surface area contributed by atoms with Crippen LogP contribution in [0.25, 0.3) is 10.9 Å². The monoisotopic (exact) mass is 398 g/mol. The fourth-order valence-electron chi connectivity index (χ4n) is 3.79. The highest BCUT2D eigenvalue weighted by molar-refractivity contribution is 5.96. The smallest absolute Gasteiger partial charge is 0.325 e. The molecule has 7 heteroatoms. The molecule has 1 atom stereocenters. The molecular weight excluding hydrogens is 368 g/mol. The maximum absolute atomic E-state index is 12.1. The molecule has 1 aromatic carbocycles. The number of H-pyrrole nitrogens is 1. The van der Waals surface area contributed by atoms with Gasteiger partial charge in [-0.2, -0.15) is 0 Å². The summed E-state index contributed by atoms with van der Waals surface area (Å²) in [5, 5.41) is 13.7. The number of nitrogens with zero attached hydrogens (tertiary/aromatic N) is 2. The van der Waals surface area contributed by atoms with E-state index in [9.17, 15) is 14.7 Å². The maximum Gasteiger partial charge on any atom is 0.325 e. The van der Waals surface area contributed by atoms with Crippen molar-refractivity contribution in [3.63, 3.8) is 0 Å². The first-order valence-electron chi connectivity index (χ1n) is 10.0. The number of carboxylic acids is 1. The molecule has 0 radical (unpaired) electrons. The quantitative estimate of drug-likeness (QED) is 0.624. The van der Waals surface area contributed by atoms with E-state index < -0.39 is 12.0 Å². The first-order valence-corrected chi connectivity index (χ1v) is 10.0. The van der Waals surface area contributed by atoms with Crippen molar-refractivity contribution in [2.24, 2.45) is 5.92 Å². The molecule has 7 nitrogen and oxygen atoms in total. The number of aliphatic carboxylic acids is 1. The molecule has 1 aliphatic heterocycles. The maximum atomic E-state index is 12.1. The number of carbonyl (C=O) groups excluding carboxylic acids is 1. The average molecular weight is 399 g/mol. The molecule has 2 aromatic rings. The van der Waals surface area contributed by atoms with Crippen LogP contribution in [0.5, 0.6) is 0 Å². The number of aromatic nitrogens is 1. The highest BCUT2D eigenvalue weighted by atomic mass is 16.4. The standard InChI is InChI=1S/C22H30N4O3/c1-14(2)13-25-7-9-26(10-8-25)20(22(28)29)18-12-23-19-11-16(5-6-17(18)19)24-21(27)15(3)4/h5-6,11-12,15,20,23H,1,7-10,13H2,2-4H3,(H,24,27)(H,28,29)/t20-/m1/s1. The number of fused-ring (bicyclic) bond motifs is 1. The van der Waals surface area contributed by atoms with Gasteiger partial charge in [0.1, 0.15) is 6.04 Å². The van der Waals surface area contributed by atoms with Gasteiger partial charge in [0.05, 0.1) is 0 Å². The lowest BCUT2D eigenvalue weighted by Gasteiger charge is -2.37. The third-order valence-electron chi connectivity index (χ3n) is 5.30. The normalized spacial score (nSPS) is 16.8. The molecule has 1 aromatic heterocycles. The first kappa shape index (κ1) is 21.1. The Kier molecular flexibility index (Phi) is 6.39. The number of piperazine rings is 1. The molecule has 29 heavy (non-hydrogen) atoms. The van der Waals surface area contributed by atoms with E-state index in [-0.39, 0.29) is 11.8 Å². The van der Waals surface area contributed by atoms with E-state index in [1.54, 1.807) is 6.20 Å². The van der Waals surface area contributed by atoms with E-state index in [0.717, 1.165) is 41.7 Å². The molecule has 156 valence electrons. The highest BCUT2D eigenvalue weighted by Gasteiger charge is 2.32. The van der Waals surface area contributed by atoms with Crippen LogP contribution in [0.15, 0.2) is 36.5 Å². The number of carboxylic acid groups (broad SMARTS) is 1. The Morgan fingerprint density at radius 2 is 1.93 bits per heavy atom. The van der Waals surface area contributed by atoms with Crippen LogP contribution in [0.4, 0.5) is 5.69 Å². The lowest BCUT2D eigenvalue weighted by molar-refractivity contribution is -0.144. The van der Waals surface area contributed by atoms with Gasteiger partial charge in [-0.05, 0) is 19.1 Å². The fourth-order valence-corrected chi connectivity index (χ4v) is 3.79. The number of nitrogens with one attached hydrogen (secondary N) is 2. The van der Waals surface area contributed by atoms with Gasteiger partial charge < -0.3 is 15.4 Å². The summed E-state index contributed by atoms with van der Waals surface area (Å²) in [5.74, 6) is -1.01. The van der Waals surface area contributed by atoms with Crippen LogP contribution in [0.3, 0.4) is 0 Å². The van der Waals surface area contributed by atoms with Gasteiger partial charge in [0, 0.05) is 67.0 Å². The Morgan fingerprint density at radius 1 is 1.24 bits per heavy atom. The number of carbonyl (C=O) groups is 2. The number of amides is 1. The largest absolute Gasteiger partial charge is 0.480 e. The van der Waals surface area contributed by atoms with Gasteiger partial charge in [0.15, 0.2) is 0 Å². The number of hydrogen-bond acceptors (Lipinski definition) is 4. The fraction of sp³-hybridized carbons (Fsp3) is 0.455. The molecule has 3 rings (SSSR count). The molecule has 0 aliphatic carbocycles. The van der Waals surface area contributed by atoms with Gasteiger partial charge in [0.2, 0.25) is 5.91 Å². The topological polar surface area (TPSA) is 88.7 Å². The molecule has 1 fully saturated rings. The van der Waals surface area contributed by atoms with Crippen molar-refractivity contribution in [3.8, 4) is 0 Å². The molecule has 0 bridgehead atoms.